The van der Waals surface area contributed by atoms with Gasteiger partial charge in [0, 0.05) is 11.5 Å². The number of alkyl halides is 1. The van der Waals surface area contributed by atoms with E-state index in [0.29, 0.717) is 6.04 Å². The Kier molecular flexibility index (Phi) is 1.98. The second kappa shape index (κ2) is 2.97. The van der Waals surface area contributed by atoms with Crippen molar-refractivity contribution >= 4 is 15.9 Å². The molecule has 2 rings (SSSR count). The Bertz CT molecular complexity index is 240. The molecule has 0 saturated heterocycles. The molecule has 1 aliphatic carbocycles. The number of hydrogen-bond acceptors (Lipinski definition) is 1. The third-order valence-electron chi connectivity index (χ3n) is 2.25. The van der Waals surface area contributed by atoms with Crippen molar-refractivity contribution in [1.29, 1.82) is 0 Å². The summed E-state index contributed by atoms with van der Waals surface area (Å²) in [6.07, 6.45) is 6.07. The monoisotopic (exact) mass is 214 g/mol. The lowest BCUT2D eigenvalue weighted by atomic mass is 9.93. The molecule has 1 aromatic rings. The first-order valence-electron chi connectivity index (χ1n) is 4.00. The normalized spacial score (nSPS) is 18.3. The predicted octanol–water partition coefficient (Wildman–Crippen LogP) is 2.50. The Hall–Kier alpha value is -0.310. The van der Waals surface area contributed by atoms with Crippen LogP contribution in [0.15, 0.2) is 12.3 Å². The van der Waals surface area contributed by atoms with Gasteiger partial charge in [-0.1, -0.05) is 15.9 Å². The molecule has 0 aliphatic heterocycles. The van der Waals surface area contributed by atoms with E-state index in [9.17, 15) is 0 Å². The zero-order valence-electron chi connectivity index (χ0n) is 6.33. The zero-order chi connectivity index (χ0) is 7.68. The average molecular weight is 215 g/mol. The Morgan fingerprint density at radius 2 is 2.45 bits per heavy atom. The maximum Gasteiger partial charge on any atom is 0.0730 e. The van der Waals surface area contributed by atoms with Crippen LogP contribution in [0.1, 0.15) is 31.0 Å². The summed E-state index contributed by atoms with van der Waals surface area (Å²) in [7, 11) is 0. The van der Waals surface area contributed by atoms with Crippen molar-refractivity contribution in [2.75, 3.05) is 0 Å². The van der Waals surface area contributed by atoms with E-state index in [1.807, 2.05) is 0 Å². The molecule has 1 saturated carbocycles. The van der Waals surface area contributed by atoms with E-state index in [0.717, 1.165) is 11.0 Å². The minimum atomic E-state index is 0.697. The lowest BCUT2D eigenvalue weighted by Gasteiger charge is -2.25. The first-order chi connectivity index (χ1) is 5.40. The molecule has 0 amide bonds. The molecule has 0 atom stereocenters. The van der Waals surface area contributed by atoms with Crippen LogP contribution in [0.4, 0.5) is 0 Å². The van der Waals surface area contributed by atoms with Crippen LogP contribution in [-0.2, 0) is 5.33 Å². The molecule has 0 N–H and O–H groups in total. The fourth-order valence-corrected chi connectivity index (χ4v) is 1.60. The van der Waals surface area contributed by atoms with Gasteiger partial charge in [-0.3, -0.25) is 4.68 Å². The SMILES string of the molecule is BrCc1ccn(C2CCC2)n1. The first-order valence-corrected chi connectivity index (χ1v) is 5.12. The summed E-state index contributed by atoms with van der Waals surface area (Å²) in [6.45, 7) is 0. The van der Waals surface area contributed by atoms with Crippen LogP contribution in [0.25, 0.3) is 0 Å². The molecule has 0 unspecified atom stereocenters. The molecule has 1 aromatic heterocycles. The Morgan fingerprint density at radius 3 is 2.91 bits per heavy atom. The molecule has 0 radical (unpaired) electrons. The van der Waals surface area contributed by atoms with Gasteiger partial charge in [-0.15, -0.1) is 0 Å². The minimum absolute atomic E-state index is 0.697. The standard InChI is InChI=1S/C8H11BrN2/c9-6-7-4-5-11(10-7)8-2-1-3-8/h4-5,8H,1-3,6H2. The molecule has 1 heterocycles. The van der Waals surface area contributed by atoms with Gasteiger partial charge in [0.25, 0.3) is 0 Å². The highest BCUT2D eigenvalue weighted by Gasteiger charge is 2.19. The topological polar surface area (TPSA) is 17.8 Å². The van der Waals surface area contributed by atoms with Gasteiger partial charge in [0.1, 0.15) is 0 Å². The maximum absolute atomic E-state index is 4.42. The zero-order valence-corrected chi connectivity index (χ0v) is 7.92. The summed E-state index contributed by atoms with van der Waals surface area (Å²) >= 11 is 3.38. The second-order valence-corrected chi connectivity index (χ2v) is 3.57. The van der Waals surface area contributed by atoms with Crippen molar-refractivity contribution in [1.82, 2.24) is 9.78 Å². The molecule has 0 spiro atoms. The van der Waals surface area contributed by atoms with Gasteiger partial charge in [0.2, 0.25) is 0 Å². The third-order valence-corrected chi connectivity index (χ3v) is 2.82. The number of halogens is 1. The van der Waals surface area contributed by atoms with E-state index in [4.69, 9.17) is 0 Å². The van der Waals surface area contributed by atoms with Gasteiger partial charge in [0.15, 0.2) is 0 Å². The van der Waals surface area contributed by atoms with Crippen LogP contribution < -0.4 is 0 Å². The Balaban J connectivity index is 2.11. The summed E-state index contributed by atoms with van der Waals surface area (Å²) < 4.78 is 2.10. The molecule has 11 heavy (non-hydrogen) atoms. The highest BCUT2D eigenvalue weighted by molar-refractivity contribution is 9.08. The van der Waals surface area contributed by atoms with Crippen LogP contribution in [-0.4, -0.2) is 9.78 Å². The van der Waals surface area contributed by atoms with Crippen LogP contribution in [0.2, 0.25) is 0 Å². The van der Waals surface area contributed by atoms with Gasteiger partial charge in [-0.2, -0.15) is 5.10 Å². The van der Waals surface area contributed by atoms with E-state index < -0.39 is 0 Å². The molecule has 0 aromatic carbocycles. The van der Waals surface area contributed by atoms with Crippen molar-refractivity contribution in [3.63, 3.8) is 0 Å². The maximum atomic E-state index is 4.42. The Labute approximate surface area is 74.7 Å². The summed E-state index contributed by atoms with van der Waals surface area (Å²) in [5, 5.41) is 5.29. The van der Waals surface area contributed by atoms with Crippen LogP contribution in [0.5, 0.6) is 0 Å². The van der Waals surface area contributed by atoms with Gasteiger partial charge in [0.05, 0.1) is 11.7 Å². The van der Waals surface area contributed by atoms with E-state index in [1.165, 1.54) is 19.3 Å². The quantitative estimate of drug-likeness (QED) is 0.693. The fourth-order valence-electron chi connectivity index (χ4n) is 1.30. The summed E-state index contributed by atoms with van der Waals surface area (Å²) in [6, 6.07) is 2.77. The van der Waals surface area contributed by atoms with Gasteiger partial charge < -0.3 is 0 Å². The summed E-state index contributed by atoms with van der Waals surface area (Å²) in [4.78, 5) is 0. The highest BCUT2D eigenvalue weighted by atomic mass is 79.9. The van der Waals surface area contributed by atoms with Crippen molar-refractivity contribution in [2.45, 2.75) is 30.6 Å². The molecule has 1 fully saturated rings. The summed E-state index contributed by atoms with van der Waals surface area (Å²) in [5.74, 6) is 0. The number of hydrogen-bond donors (Lipinski definition) is 0. The fraction of sp³-hybridized carbons (Fsp3) is 0.625. The van der Waals surface area contributed by atoms with Crippen molar-refractivity contribution < 1.29 is 0 Å². The molecule has 60 valence electrons. The van der Waals surface area contributed by atoms with Crippen molar-refractivity contribution in [2.24, 2.45) is 0 Å². The highest BCUT2D eigenvalue weighted by Crippen LogP contribution is 2.30. The molecular weight excluding hydrogens is 204 g/mol. The number of nitrogens with zero attached hydrogens (tertiary/aromatic N) is 2. The van der Waals surface area contributed by atoms with E-state index in [-0.39, 0.29) is 0 Å². The molecule has 3 heteroatoms. The largest absolute Gasteiger partial charge is 0.269 e. The molecule has 2 nitrogen and oxygen atoms in total. The van der Waals surface area contributed by atoms with Crippen molar-refractivity contribution in [3.8, 4) is 0 Å². The average Bonchev–Trinajstić information content (AvgIpc) is 2.32. The van der Waals surface area contributed by atoms with E-state index in [2.05, 4.69) is 38.0 Å². The van der Waals surface area contributed by atoms with Gasteiger partial charge in [-0.25, -0.2) is 0 Å². The first kappa shape index (κ1) is 7.35. The van der Waals surface area contributed by atoms with Gasteiger partial charge in [-0.05, 0) is 25.3 Å². The summed E-state index contributed by atoms with van der Waals surface area (Å²) in [5.41, 5.74) is 1.14. The predicted molar refractivity (Wildman–Crippen MR) is 47.7 cm³/mol. The van der Waals surface area contributed by atoms with Gasteiger partial charge >= 0.3 is 0 Å². The van der Waals surface area contributed by atoms with Crippen LogP contribution in [0.3, 0.4) is 0 Å². The molecule has 0 bridgehead atoms. The smallest absolute Gasteiger partial charge is 0.0730 e. The molecule has 1 aliphatic rings. The third kappa shape index (κ3) is 1.34. The molecular formula is C8H11BrN2. The lowest BCUT2D eigenvalue weighted by molar-refractivity contribution is 0.288. The number of rotatable bonds is 2. The minimum Gasteiger partial charge on any atom is -0.269 e. The Morgan fingerprint density at radius 1 is 1.64 bits per heavy atom. The van der Waals surface area contributed by atoms with E-state index >= 15 is 0 Å². The van der Waals surface area contributed by atoms with Crippen molar-refractivity contribution in [3.05, 3.63) is 18.0 Å². The van der Waals surface area contributed by atoms with Crippen LogP contribution in [0, 0.1) is 0 Å². The lowest BCUT2D eigenvalue weighted by Crippen LogP contribution is -2.17. The second-order valence-electron chi connectivity index (χ2n) is 3.01. The van der Waals surface area contributed by atoms with E-state index in [1.54, 1.807) is 0 Å². The van der Waals surface area contributed by atoms with Crippen LogP contribution >= 0.6 is 15.9 Å². The number of aromatic nitrogens is 2.